The molecule has 2 nitrogen and oxygen atoms in total. The van der Waals surface area contributed by atoms with Crippen molar-refractivity contribution in [3.8, 4) is 5.75 Å². The quantitative estimate of drug-likeness (QED) is 0.785. The van der Waals surface area contributed by atoms with E-state index in [-0.39, 0.29) is 5.82 Å². The third-order valence-corrected chi connectivity index (χ3v) is 2.83. The van der Waals surface area contributed by atoms with Crippen LogP contribution in [0.3, 0.4) is 0 Å². The predicted molar refractivity (Wildman–Crippen MR) is 50.7 cm³/mol. The zero-order valence-corrected chi connectivity index (χ0v) is 8.09. The summed E-state index contributed by atoms with van der Waals surface area (Å²) < 4.78 is 18.1. The molecule has 0 radical (unpaired) electrons. The maximum Gasteiger partial charge on any atom is 0.127 e. The predicted octanol–water partition coefficient (Wildman–Crippen LogP) is 2.21. The third-order valence-electron chi connectivity index (χ3n) is 2.83. The number of benzene rings is 1. The molecule has 3 heteroatoms. The third kappa shape index (κ3) is 1.48. The van der Waals surface area contributed by atoms with Crippen LogP contribution in [0.1, 0.15) is 24.8 Å². The highest BCUT2D eigenvalue weighted by Gasteiger charge is 2.36. The molecule has 1 aliphatic carbocycles. The van der Waals surface area contributed by atoms with E-state index in [2.05, 4.69) is 0 Å². The van der Waals surface area contributed by atoms with Crippen molar-refractivity contribution in [2.45, 2.75) is 24.9 Å². The Kier molecular flexibility index (Phi) is 2.19. The second kappa shape index (κ2) is 3.24. The van der Waals surface area contributed by atoms with E-state index in [1.165, 1.54) is 19.2 Å². The zero-order valence-electron chi connectivity index (χ0n) is 8.09. The Morgan fingerprint density at radius 3 is 2.57 bits per heavy atom. The summed E-state index contributed by atoms with van der Waals surface area (Å²) in [5.74, 6) is 0.0972. The summed E-state index contributed by atoms with van der Waals surface area (Å²) in [6.45, 7) is 0. The standard InChI is InChI=1S/C11H13FO2/c1-14-10-6-8(5-9(12)7-10)11(13)3-2-4-11/h5-7,13H,2-4H2,1H3. The Bertz CT molecular complexity index is 345. The maximum atomic E-state index is 13.1. The van der Waals surface area contributed by atoms with Crippen molar-refractivity contribution in [2.75, 3.05) is 7.11 Å². The average molecular weight is 196 g/mol. The lowest BCUT2D eigenvalue weighted by molar-refractivity contribution is -0.0391. The van der Waals surface area contributed by atoms with Crippen LogP contribution in [0, 0.1) is 5.82 Å². The number of hydrogen-bond acceptors (Lipinski definition) is 2. The van der Waals surface area contributed by atoms with Crippen LogP contribution in [-0.4, -0.2) is 12.2 Å². The van der Waals surface area contributed by atoms with Crippen molar-refractivity contribution in [2.24, 2.45) is 0 Å². The monoisotopic (exact) mass is 196 g/mol. The molecule has 1 aromatic rings. The second-order valence-electron chi connectivity index (χ2n) is 3.76. The average Bonchev–Trinajstić information content (AvgIpc) is 2.13. The van der Waals surface area contributed by atoms with E-state index >= 15 is 0 Å². The van der Waals surface area contributed by atoms with Gasteiger partial charge >= 0.3 is 0 Å². The van der Waals surface area contributed by atoms with Crippen LogP contribution in [0.4, 0.5) is 4.39 Å². The lowest BCUT2D eigenvalue weighted by Crippen LogP contribution is -2.33. The molecule has 1 aromatic carbocycles. The van der Waals surface area contributed by atoms with Crippen LogP contribution in [-0.2, 0) is 5.60 Å². The number of halogens is 1. The van der Waals surface area contributed by atoms with E-state index in [9.17, 15) is 9.50 Å². The van der Waals surface area contributed by atoms with E-state index in [0.717, 1.165) is 6.42 Å². The van der Waals surface area contributed by atoms with Crippen molar-refractivity contribution in [1.29, 1.82) is 0 Å². The minimum Gasteiger partial charge on any atom is -0.497 e. The molecule has 76 valence electrons. The van der Waals surface area contributed by atoms with Crippen molar-refractivity contribution in [3.05, 3.63) is 29.6 Å². The Morgan fingerprint density at radius 1 is 1.36 bits per heavy atom. The zero-order chi connectivity index (χ0) is 10.2. The lowest BCUT2D eigenvalue weighted by Gasteiger charge is -2.37. The molecule has 1 saturated carbocycles. The van der Waals surface area contributed by atoms with E-state index in [1.807, 2.05) is 0 Å². The summed E-state index contributed by atoms with van der Waals surface area (Å²) in [5, 5.41) is 10.0. The van der Waals surface area contributed by atoms with Gasteiger partial charge in [-0.05, 0) is 37.0 Å². The molecule has 0 heterocycles. The van der Waals surface area contributed by atoms with Crippen LogP contribution < -0.4 is 4.74 Å². The summed E-state index contributed by atoms with van der Waals surface area (Å²) >= 11 is 0. The minimum absolute atomic E-state index is 0.361. The van der Waals surface area contributed by atoms with Gasteiger partial charge in [0.15, 0.2) is 0 Å². The van der Waals surface area contributed by atoms with Gasteiger partial charge in [-0.1, -0.05) is 0 Å². The molecule has 1 fully saturated rings. The first-order valence-electron chi connectivity index (χ1n) is 4.71. The van der Waals surface area contributed by atoms with Gasteiger partial charge in [-0.3, -0.25) is 0 Å². The Hall–Kier alpha value is -1.09. The molecule has 0 aromatic heterocycles. The second-order valence-corrected chi connectivity index (χ2v) is 3.76. The molecule has 0 bridgehead atoms. The van der Waals surface area contributed by atoms with Crippen molar-refractivity contribution in [3.63, 3.8) is 0 Å². The van der Waals surface area contributed by atoms with Crippen molar-refractivity contribution >= 4 is 0 Å². The van der Waals surface area contributed by atoms with Gasteiger partial charge in [0.2, 0.25) is 0 Å². The topological polar surface area (TPSA) is 29.5 Å². The fraction of sp³-hybridized carbons (Fsp3) is 0.455. The number of methoxy groups -OCH3 is 1. The molecule has 0 unspecified atom stereocenters. The Balaban J connectivity index is 2.37. The molecule has 0 amide bonds. The molecule has 1 N–H and O–H groups in total. The largest absolute Gasteiger partial charge is 0.497 e. The number of aliphatic hydroxyl groups is 1. The van der Waals surface area contributed by atoms with E-state index < -0.39 is 5.60 Å². The molecule has 0 spiro atoms. The van der Waals surface area contributed by atoms with E-state index in [0.29, 0.717) is 24.2 Å². The molecule has 14 heavy (non-hydrogen) atoms. The van der Waals surface area contributed by atoms with Crippen molar-refractivity contribution < 1.29 is 14.2 Å². The van der Waals surface area contributed by atoms with Gasteiger partial charge in [-0.15, -0.1) is 0 Å². The van der Waals surface area contributed by atoms with Gasteiger partial charge in [0.1, 0.15) is 11.6 Å². The van der Waals surface area contributed by atoms with Crippen LogP contribution in [0.25, 0.3) is 0 Å². The number of ether oxygens (including phenoxy) is 1. The van der Waals surface area contributed by atoms with Gasteiger partial charge in [0.25, 0.3) is 0 Å². The highest BCUT2D eigenvalue weighted by atomic mass is 19.1. The summed E-state index contributed by atoms with van der Waals surface area (Å²) in [4.78, 5) is 0. The Labute approximate surface area is 82.3 Å². The molecule has 2 rings (SSSR count). The fourth-order valence-corrected chi connectivity index (χ4v) is 1.75. The van der Waals surface area contributed by atoms with Gasteiger partial charge in [0, 0.05) is 6.07 Å². The van der Waals surface area contributed by atoms with Crippen LogP contribution >= 0.6 is 0 Å². The first-order valence-corrected chi connectivity index (χ1v) is 4.71. The SMILES string of the molecule is COc1cc(F)cc(C2(O)CCC2)c1. The highest BCUT2D eigenvalue weighted by molar-refractivity contribution is 5.34. The molecule has 0 aliphatic heterocycles. The summed E-state index contributed by atoms with van der Waals surface area (Å²) in [6, 6.07) is 4.38. The Morgan fingerprint density at radius 2 is 2.07 bits per heavy atom. The number of hydrogen-bond donors (Lipinski definition) is 1. The van der Waals surface area contributed by atoms with Gasteiger partial charge < -0.3 is 9.84 Å². The molecule has 0 atom stereocenters. The lowest BCUT2D eigenvalue weighted by atomic mass is 9.75. The first-order chi connectivity index (χ1) is 6.64. The first kappa shape index (κ1) is 9.46. The molecular formula is C11H13FO2. The smallest absolute Gasteiger partial charge is 0.127 e. The normalized spacial score (nSPS) is 18.8. The fourth-order valence-electron chi connectivity index (χ4n) is 1.75. The summed E-state index contributed by atoms with van der Waals surface area (Å²) in [6.07, 6.45) is 2.41. The number of rotatable bonds is 2. The minimum atomic E-state index is -0.824. The molecular weight excluding hydrogens is 183 g/mol. The molecule has 0 saturated heterocycles. The van der Waals surface area contributed by atoms with Crippen LogP contribution in [0.15, 0.2) is 18.2 Å². The van der Waals surface area contributed by atoms with Gasteiger partial charge in [-0.2, -0.15) is 0 Å². The van der Waals surface area contributed by atoms with E-state index in [1.54, 1.807) is 6.07 Å². The maximum absolute atomic E-state index is 13.1. The van der Waals surface area contributed by atoms with Crippen LogP contribution in [0.2, 0.25) is 0 Å². The van der Waals surface area contributed by atoms with Crippen molar-refractivity contribution in [1.82, 2.24) is 0 Å². The van der Waals surface area contributed by atoms with E-state index in [4.69, 9.17) is 4.74 Å². The van der Waals surface area contributed by atoms with Gasteiger partial charge in [0.05, 0.1) is 12.7 Å². The summed E-state index contributed by atoms with van der Waals surface area (Å²) in [7, 11) is 1.49. The molecule has 1 aliphatic rings. The van der Waals surface area contributed by atoms with Gasteiger partial charge in [-0.25, -0.2) is 4.39 Å². The highest BCUT2D eigenvalue weighted by Crippen LogP contribution is 2.42. The van der Waals surface area contributed by atoms with Crippen LogP contribution in [0.5, 0.6) is 5.75 Å². The summed E-state index contributed by atoms with van der Waals surface area (Å²) in [5.41, 5.74) is -0.198.